The Bertz CT molecular complexity index is 310. The summed E-state index contributed by atoms with van der Waals surface area (Å²) in [6.45, 7) is -0.703. The fourth-order valence-corrected chi connectivity index (χ4v) is 0.761. The minimum Gasteiger partial charge on any atom is -0.388 e. The van der Waals surface area contributed by atoms with E-state index in [0.717, 1.165) is 18.2 Å². The van der Waals surface area contributed by atoms with Crippen molar-refractivity contribution in [3.8, 4) is 0 Å². The van der Waals surface area contributed by atoms with Crippen molar-refractivity contribution < 1.29 is 18.7 Å². The van der Waals surface area contributed by atoms with Crippen LogP contribution in [0.2, 0.25) is 0 Å². The van der Waals surface area contributed by atoms with Crippen LogP contribution in [0.3, 0.4) is 0 Å². The van der Waals surface area contributed by atoms with Crippen LogP contribution in [0.5, 0.6) is 0 Å². The third-order valence-corrected chi connectivity index (χ3v) is 1.39. The number of halogens is 2. The highest BCUT2D eigenvalue weighted by Gasteiger charge is 2.07. The second-order valence-corrected chi connectivity index (χ2v) is 2.21. The summed E-state index contributed by atoms with van der Waals surface area (Å²) in [5.74, 6) is -2.73. The van der Waals surface area contributed by atoms with Gasteiger partial charge in [-0.15, -0.1) is 0 Å². The van der Waals surface area contributed by atoms with Crippen LogP contribution in [0.15, 0.2) is 18.2 Å². The van der Waals surface area contributed by atoms with E-state index in [0.29, 0.717) is 0 Å². The Labute approximate surface area is 67.4 Å². The van der Waals surface area contributed by atoms with Gasteiger partial charge in [0.05, 0.1) is 0 Å². The van der Waals surface area contributed by atoms with Crippen molar-refractivity contribution in [3.05, 3.63) is 35.4 Å². The van der Waals surface area contributed by atoms with Crippen molar-refractivity contribution in [2.75, 3.05) is 6.61 Å². The smallest absolute Gasteiger partial charge is 0.188 e. The van der Waals surface area contributed by atoms with E-state index < -0.39 is 24.0 Å². The highest BCUT2D eigenvalue weighted by Crippen LogP contribution is 2.08. The van der Waals surface area contributed by atoms with E-state index in [9.17, 15) is 13.6 Å². The maximum Gasteiger partial charge on any atom is 0.188 e. The molecule has 0 saturated carbocycles. The number of ketones is 1. The Balaban J connectivity index is 3.05. The highest BCUT2D eigenvalue weighted by atomic mass is 19.2. The lowest BCUT2D eigenvalue weighted by Gasteiger charge is -1.97. The van der Waals surface area contributed by atoms with E-state index in [2.05, 4.69) is 0 Å². The SMILES string of the molecule is O=C(CO)c1ccc(F)c(F)c1. The molecule has 0 heterocycles. The molecule has 12 heavy (non-hydrogen) atoms. The fourth-order valence-electron chi connectivity index (χ4n) is 0.761. The van der Waals surface area contributed by atoms with Crippen molar-refractivity contribution in [1.82, 2.24) is 0 Å². The van der Waals surface area contributed by atoms with Gasteiger partial charge in [0, 0.05) is 5.56 Å². The lowest BCUT2D eigenvalue weighted by Crippen LogP contribution is -2.04. The molecule has 1 N–H and O–H groups in total. The van der Waals surface area contributed by atoms with E-state index in [1.54, 1.807) is 0 Å². The predicted octanol–water partition coefficient (Wildman–Crippen LogP) is 1.14. The summed E-state index contributed by atoms with van der Waals surface area (Å²) in [7, 11) is 0. The topological polar surface area (TPSA) is 37.3 Å². The zero-order valence-corrected chi connectivity index (χ0v) is 6.05. The van der Waals surface area contributed by atoms with Crippen LogP contribution in [0, 0.1) is 11.6 Å². The summed E-state index contributed by atoms with van der Waals surface area (Å²) in [4.78, 5) is 10.7. The first-order chi connectivity index (χ1) is 5.65. The van der Waals surface area contributed by atoms with Gasteiger partial charge in [0.15, 0.2) is 17.4 Å². The molecule has 0 fully saturated rings. The number of carbonyl (C=O) groups is 1. The molecule has 0 bridgehead atoms. The van der Waals surface area contributed by atoms with Gasteiger partial charge in [-0.25, -0.2) is 8.78 Å². The summed E-state index contributed by atoms with van der Waals surface area (Å²) in [6.07, 6.45) is 0. The number of hydrogen-bond donors (Lipinski definition) is 1. The lowest BCUT2D eigenvalue weighted by molar-refractivity contribution is 0.0903. The molecule has 0 radical (unpaired) electrons. The second kappa shape index (κ2) is 3.40. The van der Waals surface area contributed by atoms with Gasteiger partial charge in [-0.05, 0) is 18.2 Å². The third kappa shape index (κ3) is 1.65. The number of aliphatic hydroxyl groups excluding tert-OH is 1. The molecule has 0 aliphatic carbocycles. The quantitative estimate of drug-likeness (QED) is 0.679. The fraction of sp³-hybridized carbons (Fsp3) is 0.125. The van der Waals surface area contributed by atoms with Crippen molar-refractivity contribution in [3.63, 3.8) is 0 Å². The first kappa shape index (κ1) is 8.80. The minimum atomic E-state index is -1.09. The maximum atomic E-state index is 12.5. The number of rotatable bonds is 2. The Morgan fingerprint density at radius 2 is 2.00 bits per heavy atom. The minimum absolute atomic E-state index is 0.0311. The highest BCUT2D eigenvalue weighted by molar-refractivity contribution is 5.96. The molecule has 0 spiro atoms. The zero-order chi connectivity index (χ0) is 9.14. The van der Waals surface area contributed by atoms with Gasteiger partial charge < -0.3 is 5.11 Å². The predicted molar refractivity (Wildman–Crippen MR) is 37.8 cm³/mol. The molecule has 0 saturated heterocycles. The van der Waals surface area contributed by atoms with Crippen molar-refractivity contribution in [2.24, 2.45) is 0 Å². The first-order valence-electron chi connectivity index (χ1n) is 3.24. The van der Waals surface area contributed by atoms with Gasteiger partial charge in [-0.3, -0.25) is 4.79 Å². The largest absolute Gasteiger partial charge is 0.388 e. The Kier molecular flexibility index (Phi) is 2.50. The number of benzene rings is 1. The second-order valence-electron chi connectivity index (χ2n) is 2.21. The van der Waals surface area contributed by atoms with Gasteiger partial charge in [0.2, 0.25) is 0 Å². The summed E-state index contributed by atoms with van der Waals surface area (Å²) in [5, 5.41) is 8.38. The molecule has 0 unspecified atom stereocenters. The van der Waals surface area contributed by atoms with Gasteiger partial charge in [-0.1, -0.05) is 0 Å². The van der Waals surface area contributed by atoms with Crippen LogP contribution in [0.25, 0.3) is 0 Å². The van der Waals surface area contributed by atoms with Gasteiger partial charge in [0.25, 0.3) is 0 Å². The monoisotopic (exact) mass is 172 g/mol. The lowest BCUT2D eigenvalue weighted by atomic mass is 10.1. The molecule has 0 atom stereocenters. The van der Waals surface area contributed by atoms with E-state index in [1.807, 2.05) is 0 Å². The summed E-state index contributed by atoms with van der Waals surface area (Å²) in [5.41, 5.74) is -0.0311. The molecule has 0 aromatic heterocycles. The van der Waals surface area contributed by atoms with Crippen molar-refractivity contribution >= 4 is 5.78 Å². The molecule has 0 aliphatic rings. The molecule has 1 aromatic rings. The number of Topliss-reactive ketones (excluding diaryl/α,β-unsaturated/α-hetero) is 1. The molecule has 0 aliphatic heterocycles. The molecular weight excluding hydrogens is 166 g/mol. The molecular formula is C8H6F2O2. The molecule has 2 nitrogen and oxygen atoms in total. The van der Waals surface area contributed by atoms with Crippen LogP contribution < -0.4 is 0 Å². The normalized spacial score (nSPS) is 9.92. The van der Waals surface area contributed by atoms with E-state index in [-0.39, 0.29) is 5.56 Å². The number of hydrogen-bond acceptors (Lipinski definition) is 2. The summed E-state index contributed by atoms with van der Waals surface area (Å²) >= 11 is 0. The Morgan fingerprint density at radius 3 is 2.50 bits per heavy atom. The van der Waals surface area contributed by atoms with Gasteiger partial charge in [0.1, 0.15) is 6.61 Å². The van der Waals surface area contributed by atoms with E-state index in [4.69, 9.17) is 5.11 Å². The number of aliphatic hydroxyl groups is 1. The van der Waals surface area contributed by atoms with Crippen molar-refractivity contribution in [2.45, 2.75) is 0 Å². The number of carbonyl (C=O) groups excluding carboxylic acids is 1. The third-order valence-electron chi connectivity index (χ3n) is 1.39. The summed E-state index contributed by atoms with van der Waals surface area (Å²) in [6, 6.07) is 2.73. The van der Waals surface area contributed by atoms with Gasteiger partial charge in [-0.2, -0.15) is 0 Å². The molecule has 4 heteroatoms. The molecule has 64 valence electrons. The zero-order valence-electron chi connectivity index (χ0n) is 6.05. The maximum absolute atomic E-state index is 12.5. The summed E-state index contributed by atoms with van der Waals surface area (Å²) < 4.78 is 24.8. The van der Waals surface area contributed by atoms with E-state index in [1.165, 1.54) is 0 Å². The van der Waals surface area contributed by atoms with Gasteiger partial charge >= 0.3 is 0 Å². The Hall–Kier alpha value is -1.29. The van der Waals surface area contributed by atoms with Crippen LogP contribution in [-0.4, -0.2) is 17.5 Å². The molecule has 1 rings (SSSR count). The first-order valence-corrected chi connectivity index (χ1v) is 3.24. The Morgan fingerprint density at radius 1 is 1.33 bits per heavy atom. The van der Waals surface area contributed by atoms with Crippen LogP contribution >= 0.6 is 0 Å². The van der Waals surface area contributed by atoms with Crippen molar-refractivity contribution in [1.29, 1.82) is 0 Å². The van der Waals surface area contributed by atoms with Crippen LogP contribution in [-0.2, 0) is 0 Å². The van der Waals surface area contributed by atoms with E-state index >= 15 is 0 Å². The average Bonchev–Trinajstić information content (AvgIpc) is 2.08. The van der Waals surface area contributed by atoms with Crippen LogP contribution in [0.1, 0.15) is 10.4 Å². The molecule has 1 aromatic carbocycles. The van der Waals surface area contributed by atoms with Crippen LogP contribution in [0.4, 0.5) is 8.78 Å². The molecule has 0 amide bonds. The average molecular weight is 172 g/mol. The standard InChI is InChI=1S/C8H6F2O2/c9-6-2-1-5(3-7(6)10)8(12)4-11/h1-3,11H,4H2.